The Labute approximate surface area is 101 Å². The highest BCUT2D eigenvalue weighted by atomic mass is 15.1. The second kappa shape index (κ2) is 6.66. The molecule has 0 radical (unpaired) electrons. The lowest BCUT2D eigenvalue weighted by atomic mass is 9.89. The number of hydrogen-bond acceptors (Lipinski definition) is 2. The van der Waals surface area contributed by atoms with Crippen LogP contribution in [-0.2, 0) is 0 Å². The van der Waals surface area contributed by atoms with Crippen molar-refractivity contribution in [3.05, 3.63) is 35.4 Å². The van der Waals surface area contributed by atoms with Crippen molar-refractivity contribution < 1.29 is 1.43 Å². The molecular formula is C14H26N2. The fraction of sp³-hybridized carbons (Fsp3) is 0.571. The molecule has 0 spiro atoms. The molecule has 1 saturated heterocycles. The molecule has 1 aromatic carbocycles. The molecule has 2 heteroatoms. The maximum atomic E-state index is 4.50. The molecule has 16 heavy (non-hydrogen) atoms. The van der Waals surface area contributed by atoms with E-state index in [0.29, 0.717) is 0 Å². The molecule has 1 heterocycles. The number of benzene rings is 1. The Morgan fingerprint density at radius 2 is 1.62 bits per heavy atom. The van der Waals surface area contributed by atoms with Crippen molar-refractivity contribution in [2.75, 3.05) is 27.2 Å². The maximum Gasteiger partial charge on any atom is 0 e. The van der Waals surface area contributed by atoms with Crippen LogP contribution < -0.4 is 5.73 Å². The summed E-state index contributed by atoms with van der Waals surface area (Å²) in [6.45, 7) is 4.65. The first-order chi connectivity index (χ1) is 7.75. The Morgan fingerprint density at radius 1 is 1.12 bits per heavy atom. The lowest BCUT2D eigenvalue weighted by molar-refractivity contribution is 0.255. The van der Waals surface area contributed by atoms with Crippen LogP contribution in [0.4, 0.5) is 0 Å². The first-order valence-electron chi connectivity index (χ1n) is 6.08. The molecule has 2 rings (SSSR count). The summed E-state index contributed by atoms with van der Waals surface area (Å²) in [4.78, 5) is 2.42. The highest BCUT2D eigenvalue weighted by Crippen LogP contribution is 2.27. The van der Waals surface area contributed by atoms with Gasteiger partial charge in [-0.1, -0.05) is 29.8 Å². The summed E-state index contributed by atoms with van der Waals surface area (Å²) >= 11 is 0. The zero-order chi connectivity index (χ0) is 12.0. The highest BCUT2D eigenvalue weighted by Gasteiger charge is 2.17. The molecule has 1 aromatic rings. The van der Waals surface area contributed by atoms with Crippen LogP contribution in [0, 0.1) is 6.92 Å². The van der Waals surface area contributed by atoms with Crippen molar-refractivity contribution in [1.29, 1.82) is 0 Å². The van der Waals surface area contributed by atoms with Gasteiger partial charge < -0.3 is 10.6 Å². The summed E-state index contributed by atoms with van der Waals surface area (Å²) in [6, 6.07) is 9.05. The SMILES string of the molecule is CN.Cc1ccc(C2CCN(C)CC2)cc1.[HH]. The minimum absolute atomic E-state index is 0. The quantitative estimate of drug-likeness (QED) is 0.791. The van der Waals surface area contributed by atoms with Crippen LogP contribution in [0.5, 0.6) is 0 Å². The molecule has 0 aromatic heterocycles. The summed E-state index contributed by atoms with van der Waals surface area (Å²) in [5.74, 6) is 0.798. The van der Waals surface area contributed by atoms with Gasteiger partial charge in [0, 0.05) is 1.43 Å². The molecule has 0 saturated carbocycles. The van der Waals surface area contributed by atoms with Crippen LogP contribution in [-0.4, -0.2) is 32.1 Å². The lowest BCUT2D eigenvalue weighted by Crippen LogP contribution is -2.29. The van der Waals surface area contributed by atoms with E-state index in [-0.39, 0.29) is 1.43 Å². The number of nitrogens with two attached hydrogens (primary N) is 1. The molecule has 0 atom stereocenters. The average molecular weight is 222 g/mol. The largest absolute Gasteiger partial charge is 0.333 e. The standard InChI is InChI=1S/C13H19N.CH5N.H2/c1-11-3-5-12(6-4-11)13-7-9-14(2)10-8-13;1-2;/h3-6,13H,7-10H2,1-2H3;2H2,1H3;1H. The van der Waals surface area contributed by atoms with Crippen LogP contribution in [0.2, 0.25) is 0 Å². The van der Waals surface area contributed by atoms with Crippen molar-refractivity contribution in [3.63, 3.8) is 0 Å². The zero-order valence-corrected chi connectivity index (χ0v) is 10.7. The Kier molecular flexibility index (Phi) is 5.50. The molecule has 2 nitrogen and oxygen atoms in total. The van der Waals surface area contributed by atoms with Gasteiger partial charge in [-0.15, -0.1) is 0 Å². The number of aryl methyl sites for hydroxylation is 1. The molecule has 1 fully saturated rings. The first kappa shape index (κ1) is 13.2. The minimum atomic E-state index is 0. The predicted octanol–water partition coefficient (Wildman–Crippen LogP) is 2.63. The van der Waals surface area contributed by atoms with Gasteiger partial charge in [0.1, 0.15) is 0 Å². The second-order valence-corrected chi connectivity index (χ2v) is 4.49. The summed E-state index contributed by atoms with van der Waals surface area (Å²) in [5.41, 5.74) is 7.39. The molecule has 0 amide bonds. The van der Waals surface area contributed by atoms with E-state index in [0.717, 1.165) is 5.92 Å². The van der Waals surface area contributed by atoms with Gasteiger partial charge in [-0.25, -0.2) is 0 Å². The van der Waals surface area contributed by atoms with E-state index in [1.54, 1.807) is 0 Å². The van der Waals surface area contributed by atoms with Crippen LogP contribution in [0.15, 0.2) is 24.3 Å². The topological polar surface area (TPSA) is 29.3 Å². The van der Waals surface area contributed by atoms with Crippen molar-refractivity contribution in [3.8, 4) is 0 Å². The summed E-state index contributed by atoms with van der Waals surface area (Å²) < 4.78 is 0. The van der Waals surface area contributed by atoms with Crippen molar-refractivity contribution in [1.82, 2.24) is 4.90 Å². The third kappa shape index (κ3) is 3.62. The summed E-state index contributed by atoms with van der Waals surface area (Å²) in [5, 5.41) is 0. The molecule has 0 aliphatic carbocycles. The van der Waals surface area contributed by atoms with Gasteiger partial charge in [0.25, 0.3) is 0 Å². The van der Waals surface area contributed by atoms with Crippen LogP contribution in [0.25, 0.3) is 0 Å². The monoisotopic (exact) mass is 222 g/mol. The fourth-order valence-corrected chi connectivity index (χ4v) is 2.18. The van der Waals surface area contributed by atoms with Crippen molar-refractivity contribution in [2.45, 2.75) is 25.7 Å². The maximum absolute atomic E-state index is 4.50. The third-order valence-electron chi connectivity index (χ3n) is 3.27. The normalized spacial score (nSPS) is 17.8. The third-order valence-corrected chi connectivity index (χ3v) is 3.27. The van der Waals surface area contributed by atoms with Gasteiger partial charge in [-0.2, -0.15) is 0 Å². The van der Waals surface area contributed by atoms with Crippen LogP contribution in [0.3, 0.4) is 0 Å². The van der Waals surface area contributed by atoms with Gasteiger partial charge >= 0.3 is 0 Å². The Hall–Kier alpha value is -0.860. The molecule has 92 valence electrons. The number of nitrogens with zero attached hydrogens (tertiary/aromatic N) is 1. The highest BCUT2D eigenvalue weighted by molar-refractivity contribution is 5.24. The Balaban J connectivity index is 0.000000811. The molecule has 0 bridgehead atoms. The summed E-state index contributed by atoms with van der Waals surface area (Å²) in [6.07, 6.45) is 2.64. The second-order valence-electron chi connectivity index (χ2n) is 4.49. The number of hydrogen-bond donors (Lipinski definition) is 1. The lowest BCUT2D eigenvalue weighted by Gasteiger charge is -2.29. The predicted molar refractivity (Wildman–Crippen MR) is 72.9 cm³/mol. The van der Waals surface area contributed by atoms with Crippen LogP contribution in [0.1, 0.15) is 31.3 Å². The van der Waals surface area contributed by atoms with Gasteiger partial charge in [0.15, 0.2) is 0 Å². The molecule has 1 aliphatic heterocycles. The smallest absolute Gasteiger partial charge is 0 e. The van der Waals surface area contributed by atoms with E-state index in [4.69, 9.17) is 0 Å². The average Bonchev–Trinajstić information content (AvgIpc) is 2.34. The fourth-order valence-electron chi connectivity index (χ4n) is 2.18. The van der Waals surface area contributed by atoms with E-state index in [9.17, 15) is 0 Å². The molecule has 0 unspecified atom stereocenters. The van der Waals surface area contributed by atoms with Gasteiger partial charge in [0.2, 0.25) is 0 Å². The first-order valence-corrected chi connectivity index (χ1v) is 6.08. The molecule has 2 N–H and O–H groups in total. The molecular weight excluding hydrogens is 196 g/mol. The van der Waals surface area contributed by atoms with Gasteiger partial charge in [-0.05, 0) is 58.4 Å². The number of likely N-dealkylation sites (tertiary alicyclic amines) is 1. The van der Waals surface area contributed by atoms with Crippen molar-refractivity contribution in [2.24, 2.45) is 5.73 Å². The van der Waals surface area contributed by atoms with E-state index in [2.05, 4.69) is 48.9 Å². The Morgan fingerprint density at radius 3 is 2.12 bits per heavy atom. The van der Waals surface area contributed by atoms with Gasteiger partial charge in [-0.3, -0.25) is 0 Å². The number of rotatable bonds is 1. The zero-order valence-electron chi connectivity index (χ0n) is 10.7. The van der Waals surface area contributed by atoms with E-state index in [1.165, 1.54) is 44.1 Å². The number of piperidine rings is 1. The van der Waals surface area contributed by atoms with Gasteiger partial charge in [0.05, 0.1) is 0 Å². The summed E-state index contributed by atoms with van der Waals surface area (Å²) in [7, 11) is 3.71. The molecule has 1 aliphatic rings. The van der Waals surface area contributed by atoms with Crippen molar-refractivity contribution >= 4 is 0 Å². The Bertz CT molecular complexity index is 290. The van der Waals surface area contributed by atoms with E-state index >= 15 is 0 Å². The van der Waals surface area contributed by atoms with E-state index < -0.39 is 0 Å². The van der Waals surface area contributed by atoms with E-state index in [1.807, 2.05) is 0 Å². The minimum Gasteiger partial charge on any atom is -0.333 e. The van der Waals surface area contributed by atoms with Crippen LogP contribution >= 0.6 is 0 Å².